The van der Waals surface area contributed by atoms with Crippen LogP contribution in [0.1, 0.15) is 31.0 Å². The van der Waals surface area contributed by atoms with E-state index in [0.29, 0.717) is 5.82 Å². The maximum Gasteiger partial charge on any atom is 0.145 e. The number of nitrogen functional groups attached to an aromatic ring is 1. The Morgan fingerprint density at radius 1 is 1.62 bits per heavy atom. The topological polar surface area (TPSA) is 64.1 Å². The Balaban J connectivity index is 2.28. The van der Waals surface area contributed by atoms with Gasteiger partial charge in [0, 0.05) is 11.8 Å². The van der Waals surface area contributed by atoms with E-state index in [4.69, 9.17) is 5.73 Å². The van der Waals surface area contributed by atoms with Crippen molar-refractivity contribution in [2.24, 2.45) is 0 Å². The first-order valence-corrected chi connectivity index (χ1v) is 4.68. The third-order valence-corrected chi connectivity index (χ3v) is 2.70. The van der Waals surface area contributed by atoms with Gasteiger partial charge in [0.1, 0.15) is 5.82 Å². The SMILES string of the molecule is Cc1cc(N)nn1C1CCCC1O. The molecule has 2 unspecified atom stereocenters. The molecule has 72 valence electrons. The fourth-order valence-corrected chi connectivity index (χ4v) is 2.05. The predicted molar refractivity (Wildman–Crippen MR) is 50.3 cm³/mol. The van der Waals surface area contributed by atoms with Gasteiger partial charge < -0.3 is 10.8 Å². The minimum Gasteiger partial charge on any atom is -0.391 e. The fourth-order valence-electron chi connectivity index (χ4n) is 2.05. The summed E-state index contributed by atoms with van der Waals surface area (Å²) in [4.78, 5) is 0. The molecule has 0 saturated heterocycles. The van der Waals surface area contributed by atoms with Crippen molar-refractivity contribution in [3.8, 4) is 0 Å². The number of anilines is 1. The summed E-state index contributed by atoms with van der Waals surface area (Å²) in [6.07, 6.45) is 2.70. The van der Waals surface area contributed by atoms with E-state index in [9.17, 15) is 5.11 Å². The van der Waals surface area contributed by atoms with Crippen molar-refractivity contribution in [3.05, 3.63) is 11.8 Å². The van der Waals surface area contributed by atoms with Crippen molar-refractivity contribution < 1.29 is 5.11 Å². The average molecular weight is 181 g/mol. The highest BCUT2D eigenvalue weighted by atomic mass is 16.3. The Bertz CT molecular complexity index is 308. The van der Waals surface area contributed by atoms with Gasteiger partial charge in [-0.15, -0.1) is 0 Å². The first-order valence-electron chi connectivity index (χ1n) is 4.68. The van der Waals surface area contributed by atoms with E-state index < -0.39 is 0 Å². The first kappa shape index (κ1) is 8.56. The molecule has 4 heteroatoms. The highest BCUT2D eigenvalue weighted by Crippen LogP contribution is 2.30. The number of nitrogens with zero attached hydrogens (tertiary/aromatic N) is 2. The van der Waals surface area contributed by atoms with Crippen LogP contribution < -0.4 is 5.73 Å². The minimum absolute atomic E-state index is 0.136. The molecule has 1 saturated carbocycles. The second-order valence-corrected chi connectivity index (χ2v) is 3.72. The Kier molecular flexibility index (Phi) is 2.00. The van der Waals surface area contributed by atoms with Crippen molar-refractivity contribution in [2.75, 3.05) is 5.73 Å². The zero-order valence-electron chi connectivity index (χ0n) is 7.77. The summed E-state index contributed by atoms with van der Waals surface area (Å²) in [6.45, 7) is 1.97. The van der Waals surface area contributed by atoms with Gasteiger partial charge in [-0.2, -0.15) is 5.10 Å². The van der Waals surface area contributed by atoms with Crippen LogP contribution in [-0.4, -0.2) is 21.0 Å². The number of hydrogen-bond acceptors (Lipinski definition) is 3. The number of aliphatic hydroxyl groups is 1. The van der Waals surface area contributed by atoms with Crippen LogP contribution in [0.25, 0.3) is 0 Å². The summed E-state index contributed by atoms with van der Waals surface area (Å²) in [5.41, 5.74) is 6.61. The van der Waals surface area contributed by atoms with Crippen molar-refractivity contribution in [2.45, 2.75) is 38.3 Å². The lowest BCUT2D eigenvalue weighted by Gasteiger charge is -2.16. The molecule has 13 heavy (non-hydrogen) atoms. The molecule has 0 bridgehead atoms. The largest absolute Gasteiger partial charge is 0.391 e. The fraction of sp³-hybridized carbons (Fsp3) is 0.667. The van der Waals surface area contributed by atoms with Crippen LogP contribution in [0, 0.1) is 6.92 Å². The molecule has 2 rings (SSSR count). The Morgan fingerprint density at radius 3 is 2.85 bits per heavy atom. The molecule has 1 heterocycles. The van der Waals surface area contributed by atoms with Crippen LogP contribution in [0.2, 0.25) is 0 Å². The number of aryl methyl sites for hydroxylation is 1. The quantitative estimate of drug-likeness (QED) is 0.675. The van der Waals surface area contributed by atoms with Gasteiger partial charge in [0.15, 0.2) is 0 Å². The Morgan fingerprint density at radius 2 is 2.38 bits per heavy atom. The van der Waals surface area contributed by atoms with Gasteiger partial charge in [-0.3, -0.25) is 4.68 Å². The van der Waals surface area contributed by atoms with Crippen LogP contribution >= 0.6 is 0 Å². The van der Waals surface area contributed by atoms with Crippen LogP contribution in [0.3, 0.4) is 0 Å². The maximum atomic E-state index is 9.67. The van der Waals surface area contributed by atoms with Crippen LogP contribution in [0.4, 0.5) is 5.82 Å². The molecule has 1 fully saturated rings. The number of aliphatic hydroxyl groups excluding tert-OH is 1. The van der Waals surface area contributed by atoms with E-state index in [2.05, 4.69) is 5.10 Å². The summed E-state index contributed by atoms with van der Waals surface area (Å²) < 4.78 is 1.85. The van der Waals surface area contributed by atoms with Crippen molar-refractivity contribution in [1.82, 2.24) is 9.78 Å². The molecule has 1 aliphatic rings. The van der Waals surface area contributed by atoms with E-state index in [0.717, 1.165) is 25.0 Å². The van der Waals surface area contributed by atoms with Gasteiger partial charge in [-0.1, -0.05) is 0 Å². The molecule has 3 N–H and O–H groups in total. The second kappa shape index (κ2) is 3.03. The monoisotopic (exact) mass is 181 g/mol. The van der Waals surface area contributed by atoms with E-state index in [-0.39, 0.29) is 12.1 Å². The van der Waals surface area contributed by atoms with Gasteiger partial charge in [0.2, 0.25) is 0 Å². The van der Waals surface area contributed by atoms with Crippen molar-refractivity contribution in [3.63, 3.8) is 0 Å². The summed E-state index contributed by atoms with van der Waals surface area (Å²) in [6, 6.07) is 1.97. The molecule has 0 spiro atoms. The van der Waals surface area contributed by atoms with Crippen molar-refractivity contribution >= 4 is 5.82 Å². The van der Waals surface area contributed by atoms with Crippen LogP contribution in [0.15, 0.2) is 6.07 Å². The summed E-state index contributed by atoms with van der Waals surface area (Å²) in [7, 11) is 0. The molecule has 1 aliphatic carbocycles. The Hall–Kier alpha value is -1.03. The van der Waals surface area contributed by atoms with Gasteiger partial charge in [-0.05, 0) is 26.2 Å². The van der Waals surface area contributed by atoms with Gasteiger partial charge in [-0.25, -0.2) is 0 Å². The van der Waals surface area contributed by atoms with Gasteiger partial charge in [0.25, 0.3) is 0 Å². The molecular formula is C9H15N3O. The second-order valence-electron chi connectivity index (χ2n) is 3.72. The number of hydrogen-bond donors (Lipinski definition) is 2. The van der Waals surface area contributed by atoms with Crippen LogP contribution in [0.5, 0.6) is 0 Å². The van der Waals surface area contributed by atoms with Gasteiger partial charge in [0.05, 0.1) is 12.1 Å². The predicted octanol–water partition coefficient (Wildman–Crippen LogP) is 0.860. The Labute approximate surface area is 77.4 Å². The molecule has 0 radical (unpaired) electrons. The van der Waals surface area contributed by atoms with Crippen LogP contribution in [-0.2, 0) is 0 Å². The lowest BCUT2D eigenvalue weighted by molar-refractivity contribution is 0.129. The normalized spacial score (nSPS) is 28.2. The zero-order valence-corrected chi connectivity index (χ0v) is 7.77. The van der Waals surface area contributed by atoms with E-state index in [1.165, 1.54) is 0 Å². The number of aromatic nitrogens is 2. The molecule has 2 atom stereocenters. The number of rotatable bonds is 1. The number of nitrogens with two attached hydrogens (primary N) is 1. The smallest absolute Gasteiger partial charge is 0.145 e. The molecule has 0 aliphatic heterocycles. The highest BCUT2D eigenvalue weighted by Gasteiger charge is 2.28. The maximum absolute atomic E-state index is 9.67. The van der Waals surface area contributed by atoms with Crippen molar-refractivity contribution in [1.29, 1.82) is 0 Å². The molecule has 0 amide bonds. The minimum atomic E-state index is -0.252. The van der Waals surface area contributed by atoms with E-state index >= 15 is 0 Å². The lowest BCUT2D eigenvalue weighted by Crippen LogP contribution is -2.20. The first-order chi connectivity index (χ1) is 6.18. The highest BCUT2D eigenvalue weighted by molar-refractivity contribution is 5.29. The van der Waals surface area contributed by atoms with E-state index in [1.807, 2.05) is 17.7 Å². The molecule has 0 aromatic carbocycles. The molecule has 4 nitrogen and oxygen atoms in total. The standard InChI is InChI=1S/C9H15N3O/c1-6-5-9(10)11-12(6)7-3-2-4-8(7)13/h5,7-8,13H,2-4H2,1H3,(H2,10,11). The lowest BCUT2D eigenvalue weighted by atomic mass is 10.2. The summed E-state index contributed by atoms with van der Waals surface area (Å²) in [5, 5.41) is 13.9. The summed E-state index contributed by atoms with van der Waals surface area (Å²) >= 11 is 0. The average Bonchev–Trinajstić information content (AvgIpc) is 2.58. The third kappa shape index (κ3) is 1.42. The summed E-state index contributed by atoms with van der Waals surface area (Å²) in [5.74, 6) is 0.539. The molecule has 1 aromatic rings. The van der Waals surface area contributed by atoms with E-state index in [1.54, 1.807) is 0 Å². The molecular weight excluding hydrogens is 166 g/mol. The third-order valence-electron chi connectivity index (χ3n) is 2.70. The molecule has 1 aromatic heterocycles. The van der Waals surface area contributed by atoms with Gasteiger partial charge >= 0.3 is 0 Å². The zero-order chi connectivity index (χ0) is 9.42.